The molecule has 1 aliphatic rings. The first-order valence-corrected chi connectivity index (χ1v) is 11.1. The van der Waals surface area contributed by atoms with Gasteiger partial charge in [-0.1, -0.05) is 36.0 Å². The van der Waals surface area contributed by atoms with Crippen LogP contribution < -0.4 is 14.8 Å². The van der Waals surface area contributed by atoms with E-state index in [4.69, 9.17) is 19.4 Å². The third-order valence-electron chi connectivity index (χ3n) is 5.40. The molecule has 32 heavy (non-hydrogen) atoms. The van der Waals surface area contributed by atoms with Crippen LogP contribution >= 0.6 is 11.8 Å². The van der Waals surface area contributed by atoms with Crippen LogP contribution in [0.4, 0.5) is 5.69 Å². The molecule has 1 atom stereocenters. The summed E-state index contributed by atoms with van der Waals surface area (Å²) >= 11 is 1.40. The maximum atomic E-state index is 13.0. The van der Waals surface area contributed by atoms with Crippen LogP contribution in [0.15, 0.2) is 71.9 Å². The second kappa shape index (κ2) is 7.42. The first-order chi connectivity index (χ1) is 15.7. The SMILES string of the molecule is CC(Sc1nc2ccccc2c2nc3ccccc3n12)C(=O)Nc1ccc2c(c1)OCO2. The highest BCUT2D eigenvalue weighted by Gasteiger charge is 2.21. The molecule has 158 valence electrons. The molecule has 1 amide bonds. The molecule has 3 heterocycles. The number of aromatic nitrogens is 3. The fraction of sp³-hybridized carbons (Fsp3) is 0.125. The lowest BCUT2D eigenvalue weighted by Gasteiger charge is -2.14. The third kappa shape index (κ3) is 3.11. The Balaban J connectivity index is 1.36. The average molecular weight is 443 g/mol. The van der Waals surface area contributed by atoms with Crippen molar-refractivity contribution in [2.75, 3.05) is 12.1 Å². The van der Waals surface area contributed by atoms with E-state index in [0.29, 0.717) is 17.2 Å². The number of amides is 1. The van der Waals surface area contributed by atoms with E-state index in [2.05, 4.69) is 5.32 Å². The van der Waals surface area contributed by atoms with Crippen LogP contribution in [0.25, 0.3) is 27.6 Å². The number of benzene rings is 3. The number of para-hydroxylation sites is 3. The highest BCUT2D eigenvalue weighted by molar-refractivity contribution is 8.00. The number of thioether (sulfide) groups is 1. The second-order valence-corrected chi connectivity index (χ2v) is 8.80. The molecule has 2 aromatic heterocycles. The van der Waals surface area contributed by atoms with Gasteiger partial charge >= 0.3 is 0 Å². The van der Waals surface area contributed by atoms with Crippen molar-refractivity contribution in [3.63, 3.8) is 0 Å². The van der Waals surface area contributed by atoms with Gasteiger partial charge in [0.1, 0.15) is 5.65 Å². The summed E-state index contributed by atoms with van der Waals surface area (Å²) < 4.78 is 12.8. The summed E-state index contributed by atoms with van der Waals surface area (Å²) in [5.74, 6) is 1.19. The van der Waals surface area contributed by atoms with Crippen molar-refractivity contribution in [1.29, 1.82) is 0 Å². The van der Waals surface area contributed by atoms with Gasteiger partial charge in [0.25, 0.3) is 0 Å². The third-order valence-corrected chi connectivity index (χ3v) is 6.46. The van der Waals surface area contributed by atoms with Gasteiger partial charge in [-0.3, -0.25) is 9.20 Å². The molecule has 0 radical (unpaired) electrons. The Labute approximate surface area is 187 Å². The summed E-state index contributed by atoms with van der Waals surface area (Å²) in [6.07, 6.45) is 0. The number of ether oxygens (including phenoxy) is 2. The molecule has 3 aromatic carbocycles. The molecule has 7 nitrogen and oxygen atoms in total. The van der Waals surface area contributed by atoms with Crippen LogP contribution in [-0.4, -0.2) is 32.3 Å². The Morgan fingerprint density at radius 1 is 1.00 bits per heavy atom. The quantitative estimate of drug-likeness (QED) is 0.316. The summed E-state index contributed by atoms with van der Waals surface area (Å²) in [5, 5.41) is 4.27. The monoisotopic (exact) mass is 442 g/mol. The number of carbonyl (C=O) groups is 1. The first-order valence-electron chi connectivity index (χ1n) is 10.2. The zero-order valence-electron chi connectivity index (χ0n) is 17.1. The maximum absolute atomic E-state index is 13.0. The minimum absolute atomic E-state index is 0.124. The number of fused-ring (bicyclic) bond motifs is 6. The van der Waals surface area contributed by atoms with Crippen molar-refractivity contribution in [2.45, 2.75) is 17.3 Å². The maximum Gasteiger partial charge on any atom is 0.237 e. The average Bonchev–Trinajstić information content (AvgIpc) is 3.43. The number of rotatable bonds is 4. The second-order valence-electron chi connectivity index (χ2n) is 7.49. The van der Waals surface area contributed by atoms with Gasteiger partial charge in [-0.05, 0) is 43.3 Å². The predicted molar refractivity (Wildman–Crippen MR) is 125 cm³/mol. The van der Waals surface area contributed by atoms with Crippen LogP contribution in [0.5, 0.6) is 11.5 Å². The van der Waals surface area contributed by atoms with E-state index < -0.39 is 5.25 Å². The Morgan fingerprint density at radius 3 is 2.69 bits per heavy atom. The largest absolute Gasteiger partial charge is 0.454 e. The van der Waals surface area contributed by atoms with Gasteiger partial charge in [0.2, 0.25) is 12.7 Å². The van der Waals surface area contributed by atoms with Crippen LogP contribution in [0, 0.1) is 0 Å². The van der Waals surface area contributed by atoms with Gasteiger partial charge in [-0.2, -0.15) is 0 Å². The van der Waals surface area contributed by atoms with Crippen molar-refractivity contribution in [1.82, 2.24) is 14.4 Å². The standard InChI is InChI=1S/C24H18N4O3S/c1-14(23(29)25-15-10-11-20-21(12-15)31-13-30-20)32-24-27-17-7-3-2-6-16(17)22-26-18-8-4-5-9-19(18)28(22)24/h2-12,14H,13H2,1H3,(H,25,29). The highest BCUT2D eigenvalue weighted by atomic mass is 32.2. The van der Waals surface area contributed by atoms with E-state index in [1.54, 1.807) is 18.2 Å². The minimum atomic E-state index is -0.390. The number of nitrogens with zero attached hydrogens (tertiary/aromatic N) is 3. The molecule has 0 saturated heterocycles. The van der Waals surface area contributed by atoms with E-state index >= 15 is 0 Å². The Morgan fingerprint density at radius 2 is 1.78 bits per heavy atom. The molecule has 0 fully saturated rings. The van der Waals surface area contributed by atoms with Crippen molar-refractivity contribution in [3.8, 4) is 11.5 Å². The number of carbonyl (C=O) groups excluding carboxylic acids is 1. The molecule has 8 heteroatoms. The van der Waals surface area contributed by atoms with Crippen LogP contribution in [0.1, 0.15) is 6.92 Å². The molecule has 0 aliphatic carbocycles. The zero-order valence-corrected chi connectivity index (χ0v) is 17.9. The van der Waals surface area contributed by atoms with E-state index in [0.717, 1.165) is 32.7 Å². The van der Waals surface area contributed by atoms with Gasteiger partial charge in [0, 0.05) is 17.1 Å². The molecule has 5 aromatic rings. The van der Waals surface area contributed by atoms with E-state index in [9.17, 15) is 4.79 Å². The van der Waals surface area contributed by atoms with E-state index in [-0.39, 0.29) is 12.7 Å². The number of hydrogen-bond acceptors (Lipinski definition) is 6. The highest BCUT2D eigenvalue weighted by Crippen LogP contribution is 2.35. The lowest BCUT2D eigenvalue weighted by molar-refractivity contribution is -0.115. The van der Waals surface area contributed by atoms with Gasteiger partial charge in [0.15, 0.2) is 16.7 Å². The van der Waals surface area contributed by atoms with Crippen molar-refractivity contribution >= 4 is 50.9 Å². The topological polar surface area (TPSA) is 77.8 Å². The molecular formula is C24H18N4O3S. The number of anilines is 1. The van der Waals surface area contributed by atoms with E-state index in [1.165, 1.54) is 11.8 Å². The molecular weight excluding hydrogens is 424 g/mol. The fourth-order valence-corrected chi connectivity index (χ4v) is 4.75. The summed E-state index contributed by atoms with van der Waals surface area (Å²) in [6.45, 7) is 2.07. The number of imidazole rings is 1. The molecule has 0 spiro atoms. The van der Waals surface area contributed by atoms with Gasteiger partial charge in [-0.15, -0.1) is 0 Å². The first kappa shape index (κ1) is 18.9. The normalized spacial score (nSPS) is 13.7. The van der Waals surface area contributed by atoms with Crippen LogP contribution in [-0.2, 0) is 4.79 Å². The smallest absolute Gasteiger partial charge is 0.237 e. The summed E-state index contributed by atoms with van der Waals surface area (Å²) in [7, 11) is 0. The van der Waals surface area contributed by atoms with E-state index in [1.807, 2.05) is 59.9 Å². The predicted octanol–water partition coefficient (Wildman–Crippen LogP) is 4.88. The minimum Gasteiger partial charge on any atom is -0.454 e. The van der Waals surface area contributed by atoms with Crippen molar-refractivity contribution < 1.29 is 14.3 Å². The zero-order chi connectivity index (χ0) is 21.7. The molecule has 6 rings (SSSR count). The fourth-order valence-electron chi connectivity index (χ4n) is 3.82. The van der Waals surface area contributed by atoms with Crippen molar-refractivity contribution in [3.05, 3.63) is 66.7 Å². The Hall–Kier alpha value is -3.78. The van der Waals surface area contributed by atoms with Crippen LogP contribution in [0.3, 0.4) is 0 Å². The Bertz CT molecular complexity index is 1510. The lowest BCUT2D eigenvalue weighted by Crippen LogP contribution is -2.22. The summed E-state index contributed by atoms with van der Waals surface area (Å²) in [5.41, 5.74) is 4.21. The molecule has 0 saturated carbocycles. The van der Waals surface area contributed by atoms with Gasteiger partial charge < -0.3 is 14.8 Å². The Kier molecular flexibility index (Phi) is 4.39. The number of hydrogen-bond donors (Lipinski definition) is 1. The lowest BCUT2D eigenvalue weighted by atomic mass is 10.2. The molecule has 1 N–H and O–H groups in total. The van der Waals surface area contributed by atoms with Crippen LogP contribution in [0.2, 0.25) is 0 Å². The summed E-state index contributed by atoms with van der Waals surface area (Å²) in [4.78, 5) is 22.7. The molecule has 0 bridgehead atoms. The van der Waals surface area contributed by atoms with Gasteiger partial charge in [-0.25, -0.2) is 9.97 Å². The summed E-state index contributed by atoms with van der Waals surface area (Å²) in [6, 6.07) is 21.3. The molecule has 1 unspecified atom stereocenters. The number of nitrogens with one attached hydrogen (secondary N) is 1. The molecule has 1 aliphatic heterocycles. The van der Waals surface area contributed by atoms with Crippen molar-refractivity contribution in [2.24, 2.45) is 0 Å². The van der Waals surface area contributed by atoms with Gasteiger partial charge in [0.05, 0.1) is 21.8 Å².